The van der Waals surface area contributed by atoms with Crippen LogP contribution in [0.5, 0.6) is 0 Å². The topological polar surface area (TPSA) is 40.6 Å². The summed E-state index contributed by atoms with van der Waals surface area (Å²) in [6.45, 7) is 7.62. The number of hydrogen-bond donors (Lipinski definition) is 0. The Morgan fingerprint density at radius 2 is 1.39 bits per heavy atom. The number of amides is 2. The first-order chi connectivity index (χ1) is 13.1. The maximum absolute atomic E-state index is 13.2. The molecule has 0 atom stereocenters. The molecule has 0 aliphatic rings. The molecule has 28 heavy (non-hydrogen) atoms. The quantitative estimate of drug-likeness (QED) is 0.430. The van der Waals surface area contributed by atoms with Crippen LogP contribution < -0.4 is 0 Å². The second kappa shape index (κ2) is 9.44. The molecule has 0 aliphatic carbocycles. The van der Waals surface area contributed by atoms with E-state index >= 15 is 0 Å². The van der Waals surface area contributed by atoms with Gasteiger partial charge in [-0.15, -0.1) is 0 Å². The minimum absolute atomic E-state index is 0.341. The third-order valence-corrected chi connectivity index (χ3v) is 4.84. The SMILES string of the molecule is CCCCc1ccc(C(=O)N(N(Cl)C(=O)c2ccc(Cl)cc2)C(C)(C)C)cc1. The first-order valence-electron chi connectivity index (χ1n) is 9.34. The molecule has 6 heteroatoms. The fourth-order valence-corrected chi connectivity index (χ4v) is 3.27. The van der Waals surface area contributed by atoms with Crippen molar-refractivity contribution in [2.75, 3.05) is 0 Å². The lowest BCUT2D eigenvalue weighted by Crippen LogP contribution is -2.54. The van der Waals surface area contributed by atoms with Gasteiger partial charge in [0, 0.05) is 27.9 Å². The summed E-state index contributed by atoms with van der Waals surface area (Å²) in [6, 6.07) is 13.8. The maximum atomic E-state index is 13.2. The van der Waals surface area contributed by atoms with Crippen LogP contribution in [0.4, 0.5) is 0 Å². The van der Waals surface area contributed by atoms with Crippen molar-refractivity contribution in [1.82, 2.24) is 9.54 Å². The fraction of sp³-hybridized carbons (Fsp3) is 0.364. The summed E-state index contributed by atoms with van der Waals surface area (Å²) in [4.78, 5) is 26.0. The molecule has 0 aromatic heterocycles. The number of carbonyl (C=O) groups is 2. The van der Waals surface area contributed by atoms with Crippen molar-refractivity contribution in [3.05, 3.63) is 70.2 Å². The highest BCUT2D eigenvalue weighted by atomic mass is 35.5. The Morgan fingerprint density at radius 3 is 1.89 bits per heavy atom. The van der Waals surface area contributed by atoms with Gasteiger partial charge in [0.1, 0.15) is 0 Å². The predicted molar refractivity (Wildman–Crippen MR) is 114 cm³/mol. The van der Waals surface area contributed by atoms with Gasteiger partial charge >= 0.3 is 0 Å². The molecular formula is C22H26Cl2N2O2. The second-order valence-corrected chi connectivity index (χ2v) is 8.42. The van der Waals surface area contributed by atoms with Gasteiger partial charge in [0.05, 0.1) is 5.54 Å². The van der Waals surface area contributed by atoms with Gasteiger partial charge in [-0.1, -0.05) is 37.1 Å². The van der Waals surface area contributed by atoms with Crippen molar-refractivity contribution in [3.8, 4) is 0 Å². The third-order valence-electron chi connectivity index (χ3n) is 4.28. The molecule has 2 amide bonds. The molecule has 0 spiro atoms. The number of benzene rings is 2. The van der Waals surface area contributed by atoms with Crippen LogP contribution in [0, 0.1) is 0 Å². The monoisotopic (exact) mass is 420 g/mol. The molecule has 150 valence electrons. The van der Waals surface area contributed by atoms with Gasteiger partial charge in [-0.25, -0.2) is 5.01 Å². The Bertz CT molecular complexity index is 812. The van der Waals surface area contributed by atoms with E-state index in [1.54, 1.807) is 36.4 Å². The molecule has 0 saturated carbocycles. The van der Waals surface area contributed by atoms with E-state index in [4.69, 9.17) is 23.4 Å². The summed E-state index contributed by atoms with van der Waals surface area (Å²) >= 11 is 12.2. The van der Waals surface area contributed by atoms with Gasteiger partial charge in [-0.3, -0.25) is 9.59 Å². The van der Waals surface area contributed by atoms with Crippen LogP contribution in [-0.4, -0.2) is 26.9 Å². The van der Waals surface area contributed by atoms with E-state index in [9.17, 15) is 9.59 Å². The van der Waals surface area contributed by atoms with E-state index in [-0.39, 0.29) is 5.91 Å². The van der Waals surface area contributed by atoms with Crippen molar-refractivity contribution in [2.45, 2.75) is 52.5 Å². The van der Waals surface area contributed by atoms with E-state index in [1.807, 2.05) is 32.9 Å². The van der Waals surface area contributed by atoms with Crippen LogP contribution >= 0.6 is 23.4 Å². The molecule has 0 aliphatic heterocycles. The molecule has 2 rings (SSSR count). The standard InChI is InChI=1S/C22H26Cl2N2O2/c1-5-6-7-16-8-10-17(11-9-16)20(27)25(22(2,3)4)26(24)21(28)18-12-14-19(23)15-13-18/h8-15H,5-7H2,1-4H3. The molecule has 0 N–H and O–H groups in total. The maximum Gasteiger partial charge on any atom is 0.287 e. The zero-order valence-corrected chi connectivity index (χ0v) is 18.2. The van der Waals surface area contributed by atoms with Crippen LogP contribution in [0.2, 0.25) is 5.02 Å². The Hall–Kier alpha value is -2.04. The number of nitrogens with zero attached hydrogens (tertiary/aromatic N) is 2. The minimum Gasteiger partial charge on any atom is -0.267 e. The molecule has 0 fully saturated rings. The smallest absolute Gasteiger partial charge is 0.267 e. The third kappa shape index (κ3) is 5.49. The second-order valence-electron chi connectivity index (χ2n) is 7.66. The zero-order chi connectivity index (χ0) is 20.9. The van der Waals surface area contributed by atoms with E-state index in [0.717, 1.165) is 23.8 Å². The summed E-state index contributed by atoms with van der Waals surface area (Å²) in [5.41, 5.74) is 1.30. The number of aryl methyl sites for hydroxylation is 1. The van der Waals surface area contributed by atoms with Crippen LogP contribution in [-0.2, 0) is 6.42 Å². The normalized spacial score (nSPS) is 11.2. The lowest BCUT2D eigenvalue weighted by Gasteiger charge is -2.39. The highest BCUT2D eigenvalue weighted by Crippen LogP contribution is 2.24. The van der Waals surface area contributed by atoms with Crippen LogP contribution in [0.25, 0.3) is 0 Å². The van der Waals surface area contributed by atoms with Crippen LogP contribution in [0.15, 0.2) is 48.5 Å². The molecule has 0 heterocycles. The summed E-state index contributed by atoms with van der Waals surface area (Å²) in [5.74, 6) is -0.840. The number of unbranched alkanes of at least 4 members (excludes halogenated alkanes) is 1. The zero-order valence-electron chi connectivity index (χ0n) is 16.7. The van der Waals surface area contributed by atoms with Gasteiger partial charge in [-0.2, -0.15) is 4.53 Å². The van der Waals surface area contributed by atoms with Crippen molar-refractivity contribution in [1.29, 1.82) is 0 Å². The average molecular weight is 421 g/mol. The van der Waals surface area contributed by atoms with Crippen molar-refractivity contribution in [3.63, 3.8) is 0 Å². The highest BCUT2D eigenvalue weighted by molar-refractivity contribution is 6.30. The lowest BCUT2D eigenvalue weighted by molar-refractivity contribution is -0.00370. The van der Waals surface area contributed by atoms with Gasteiger partial charge in [-0.05, 0) is 75.6 Å². The number of carbonyl (C=O) groups excluding carboxylic acids is 2. The number of halogens is 2. The van der Waals surface area contributed by atoms with E-state index < -0.39 is 11.4 Å². The molecule has 0 bridgehead atoms. The number of hydrazine groups is 1. The highest BCUT2D eigenvalue weighted by Gasteiger charge is 2.35. The first-order valence-corrected chi connectivity index (χ1v) is 10.1. The summed E-state index contributed by atoms with van der Waals surface area (Å²) < 4.78 is 0.858. The van der Waals surface area contributed by atoms with E-state index in [1.165, 1.54) is 10.6 Å². The van der Waals surface area contributed by atoms with Gasteiger partial charge in [0.2, 0.25) is 0 Å². The van der Waals surface area contributed by atoms with Gasteiger partial charge in [0.25, 0.3) is 11.8 Å². The predicted octanol–water partition coefficient (Wildman–Crippen LogP) is 6.13. The molecule has 4 nitrogen and oxygen atoms in total. The number of hydrogen-bond acceptors (Lipinski definition) is 2. The largest absolute Gasteiger partial charge is 0.287 e. The summed E-state index contributed by atoms with van der Waals surface area (Å²) in [5, 5.41) is 1.79. The van der Waals surface area contributed by atoms with E-state index in [0.29, 0.717) is 16.1 Å². The Balaban J connectivity index is 2.28. The molecular weight excluding hydrogens is 395 g/mol. The molecule has 0 saturated heterocycles. The van der Waals surface area contributed by atoms with Gasteiger partial charge in [0.15, 0.2) is 0 Å². The van der Waals surface area contributed by atoms with Gasteiger partial charge < -0.3 is 0 Å². The van der Waals surface area contributed by atoms with Crippen molar-refractivity contribution < 1.29 is 9.59 Å². The molecule has 0 radical (unpaired) electrons. The Morgan fingerprint density at radius 1 is 0.893 bits per heavy atom. The Labute approximate surface area is 177 Å². The van der Waals surface area contributed by atoms with Crippen molar-refractivity contribution >= 4 is 35.2 Å². The van der Waals surface area contributed by atoms with Crippen LogP contribution in [0.3, 0.4) is 0 Å². The van der Waals surface area contributed by atoms with Crippen LogP contribution in [0.1, 0.15) is 66.8 Å². The minimum atomic E-state index is -0.707. The molecule has 2 aromatic carbocycles. The fourth-order valence-electron chi connectivity index (χ4n) is 2.75. The first kappa shape index (κ1) is 22.3. The average Bonchev–Trinajstić information content (AvgIpc) is 2.65. The molecule has 2 aromatic rings. The lowest BCUT2D eigenvalue weighted by atomic mass is 10.0. The summed E-state index contributed by atoms with van der Waals surface area (Å²) in [6.07, 6.45) is 3.20. The molecule has 0 unspecified atom stereocenters. The Kier molecular flexibility index (Phi) is 7.50. The number of rotatable bonds is 5. The van der Waals surface area contributed by atoms with E-state index in [2.05, 4.69) is 6.92 Å². The summed E-state index contributed by atoms with van der Waals surface area (Å²) in [7, 11) is 0. The van der Waals surface area contributed by atoms with Crippen molar-refractivity contribution in [2.24, 2.45) is 0 Å².